The van der Waals surface area contributed by atoms with Crippen molar-refractivity contribution < 1.29 is 17.6 Å². The average molecular weight is 450 g/mol. The van der Waals surface area contributed by atoms with Gasteiger partial charge in [0.2, 0.25) is 5.91 Å². The summed E-state index contributed by atoms with van der Waals surface area (Å²) >= 11 is 1.18. The maximum Gasteiger partial charge on any atom is 0.244 e. The van der Waals surface area contributed by atoms with Crippen LogP contribution in [0.3, 0.4) is 0 Å². The topological polar surface area (TPSA) is 70.6 Å². The van der Waals surface area contributed by atoms with Crippen molar-refractivity contribution in [2.24, 2.45) is 0 Å². The Hall–Kier alpha value is -2.36. The Kier molecular flexibility index (Phi) is 6.84. The van der Waals surface area contributed by atoms with Crippen LogP contribution in [0.4, 0.5) is 9.52 Å². The first-order valence-electron chi connectivity index (χ1n) is 9.47. The minimum Gasteiger partial charge on any atom is -0.309 e. The summed E-state index contributed by atoms with van der Waals surface area (Å²) in [5, 5.41) is 0.304. The van der Waals surface area contributed by atoms with Crippen LogP contribution in [0.25, 0.3) is 10.2 Å². The van der Waals surface area contributed by atoms with Crippen LogP contribution in [0, 0.1) is 12.7 Å². The molecule has 1 aromatic heterocycles. The fourth-order valence-corrected chi connectivity index (χ4v) is 5.18. The molecule has 0 N–H and O–H groups in total. The number of para-hydroxylation sites is 1. The molecule has 1 heterocycles. The Morgan fingerprint density at radius 3 is 2.43 bits per heavy atom. The molecule has 0 aliphatic heterocycles. The molecule has 160 valence electrons. The Morgan fingerprint density at radius 2 is 1.80 bits per heavy atom. The smallest absolute Gasteiger partial charge is 0.244 e. The lowest BCUT2D eigenvalue weighted by Gasteiger charge is -2.21. The van der Waals surface area contributed by atoms with Gasteiger partial charge in [0, 0.05) is 6.54 Å². The summed E-state index contributed by atoms with van der Waals surface area (Å²) in [6, 6.07) is 11.0. The molecule has 0 saturated heterocycles. The van der Waals surface area contributed by atoms with E-state index in [0.29, 0.717) is 29.3 Å². The molecular weight excluding hydrogens is 425 g/mol. The monoisotopic (exact) mass is 449 g/mol. The molecule has 3 aromatic rings. The van der Waals surface area contributed by atoms with Gasteiger partial charge in [-0.3, -0.25) is 9.69 Å². The van der Waals surface area contributed by atoms with Gasteiger partial charge < -0.3 is 4.90 Å². The Balaban J connectivity index is 1.89. The molecule has 0 aliphatic carbocycles. The highest BCUT2D eigenvalue weighted by molar-refractivity contribution is 7.92. The van der Waals surface area contributed by atoms with Crippen molar-refractivity contribution in [3.05, 3.63) is 53.8 Å². The van der Waals surface area contributed by atoms with E-state index in [1.807, 2.05) is 25.9 Å². The van der Waals surface area contributed by atoms with Crippen molar-refractivity contribution in [2.75, 3.05) is 37.8 Å². The van der Waals surface area contributed by atoms with Crippen LogP contribution in [0.15, 0.2) is 47.4 Å². The van der Waals surface area contributed by atoms with Gasteiger partial charge in [-0.05, 0) is 58.3 Å². The number of aromatic nitrogens is 1. The van der Waals surface area contributed by atoms with Crippen LogP contribution < -0.4 is 4.90 Å². The molecule has 1 amide bonds. The lowest BCUT2D eigenvalue weighted by molar-refractivity contribution is -0.116. The molecule has 9 heteroatoms. The molecule has 0 radical (unpaired) electrons. The Bertz CT molecular complexity index is 1140. The quantitative estimate of drug-likeness (QED) is 0.526. The molecule has 30 heavy (non-hydrogen) atoms. The van der Waals surface area contributed by atoms with Gasteiger partial charge in [0.05, 0.1) is 9.60 Å². The molecule has 0 fully saturated rings. The number of amides is 1. The molecule has 6 nitrogen and oxygen atoms in total. The van der Waals surface area contributed by atoms with E-state index in [-0.39, 0.29) is 10.4 Å². The van der Waals surface area contributed by atoms with Crippen LogP contribution >= 0.6 is 11.3 Å². The van der Waals surface area contributed by atoms with Crippen LogP contribution in [-0.4, -0.2) is 57.1 Å². The summed E-state index contributed by atoms with van der Waals surface area (Å²) < 4.78 is 40.2. The van der Waals surface area contributed by atoms with Crippen LogP contribution in [0.2, 0.25) is 0 Å². The normalized spacial score (nSPS) is 11.9. The standard InChI is InChI=1S/C21H24FN3O3S2/c1-15-8-10-16(11-9-15)30(27,28)14-19(26)25(13-5-12-24(2)3)21-23-20-17(22)6-4-7-18(20)29-21/h4,6-11H,5,12-14H2,1-3H3. The summed E-state index contributed by atoms with van der Waals surface area (Å²) in [6.07, 6.45) is 0.627. The van der Waals surface area contributed by atoms with Crippen LogP contribution in [0.5, 0.6) is 0 Å². The molecule has 0 unspecified atom stereocenters. The second kappa shape index (κ2) is 9.20. The number of benzene rings is 2. The van der Waals surface area contributed by atoms with E-state index in [4.69, 9.17) is 0 Å². The first-order valence-corrected chi connectivity index (χ1v) is 11.9. The number of nitrogens with zero attached hydrogens (tertiary/aromatic N) is 3. The highest BCUT2D eigenvalue weighted by Gasteiger charge is 2.26. The van der Waals surface area contributed by atoms with Crippen molar-refractivity contribution >= 4 is 42.4 Å². The predicted molar refractivity (Wildman–Crippen MR) is 118 cm³/mol. The zero-order valence-corrected chi connectivity index (χ0v) is 18.8. The van der Waals surface area contributed by atoms with E-state index >= 15 is 0 Å². The number of thiazole rings is 1. The SMILES string of the molecule is Cc1ccc(S(=O)(=O)CC(=O)N(CCCN(C)C)c2nc3c(F)cccc3s2)cc1. The van der Waals surface area contributed by atoms with E-state index in [0.717, 1.165) is 5.56 Å². The van der Waals surface area contributed by atoms with Gasteiger partial charge in [0.15, 0.2) is 15.0 Å². The Morgan fingerprint density at radius 1 is 1.10 bits per heavy atom. The van der Waals surface area contributed by atoms with Crippen LogP contribution in [-0.2, 0) is 14.6 Å². The molecule has 0 atom stereocenters. The minimum atomic E-state index is -3.81. The zero-order valence-electron chi connectivity index (χ0n) is 17.1. The van der Waals surface area contributed by atoms with E-state index < -0.39 is 27.3 Å². The van der Waals surface area contributed by atoms with Crippen molar-refractivity contribution in [3.8, 4) is 0 Å². The molecule has 0 saturated carbocycles. The average Bonchev–Trinajstić information content (AvgIpc) is 3.10. The number of anilines is 1. The minimum absolute atomic E-state index is 0.102. The van der Waals surface area contributed by atoms with Crippen molar-refractivity contribution in [1.82, 2.24) is 9.88 Å². The molecule has 0 aliphatic rings. The Labute approximate surface area is 179 Å². The number of sulfone groups is 1. The van der Waals surface area contributed by atoms with Gasteiger partial charge in [-0.2, -0.15) is 0 Å². The highest BCUT2D eigenvalue weighted by Crippen LogP contribution is 2.30. The number of carbonyl (C=O) groups excluding carboxylic acids is 1. The van der Waals surface area contributed by atoms with Gasteiger partial charge in [-0.15, -0.1) is 0 Å². The molecule has 3 rings (SSSR count). The number of hydrogen-bond acceptors (Lipinski definition) is 6. The summed E-state index contributed by atoms with van der Waals surface area (Å²) in [5.74, 6) is -1.71. The van der Waals surface area contributed by atoms with E-state index in [1.165, 1.54) is 34.4 Å². The van der Waals surface area contributed by atoms with Gasteiger partial charge >= 0.3 is 0 Å². The maximum atomic E-state index is 14.1. The molecular formula is C21H24FN3O3S2. The van der Waals surface area contributed by atoms with Crippen molar-refractivity contribution in [3.63, 3.8) is 0 Å². The summed E-state index contributed by atoms with van der Waals surface area (Å²) in [4.78, 5) is 20.8. The van der Waals surface area contributed by atoms with Gasteiger partial charge in [-0.1, -0.05) is 35.1 Å². The number of rotatable bonds is 8. The van der Waals surface area contributed by atoms with E-state index in [1.54, 1.807) is 24.3 Å². The van der Waals surface area contributed by atoms with Crippen LogP contribution in [0.1, 0.15) is 12.0 Å². The van der Waals surface area contributed by atoms with Gasteiger partial charge in [-0.25, -0.2) is 17.8 Å². The van der Waals surface area contributed by atoms with Gasteiger partial charge in [0.1, 0.15) is 17.1 Å². The van der Waals surface area contributed by atoms with Gasteiger partial charge in [0.25, 0.3) is 0 Å². The lowest BCUT2D eigenvalue weighted by atomic mass is 10.2. The third-order valence-corrected chi connectivity index (χ3v) is 7.23. The maximum absolute atomic E-state index is 14.1. The molecule has 0 spiro atoms. The highest BCUT2D eigenvalue weighted by atomic mass is 32.2. The van der Waals surface area contributed by atoms with Crippen molar-refractivity contribution in [1.29, 1.82) is 0 Å². The predicted octanol–water partition coefficient (Wildman–Crippen LogP) is 3.50. The number of hydrogen-bond donors (Lipinski definition) is 0. The fourth-order valence-electron chi connectivity index (χ4n) is 2.96. The number of carbonyl (C=O) groups is 1. The largest absolute Gasteiger partial charge is 0.309 e. The van der Waals surface area contributed by atoms with E-state index in [2.05, 4.69) is 4.98 Å². The molecule has 0 bridgehead atoms. The number of aryl methyl sites for hydroxylation is 1. The fraction of sp³-hybridized carbons (Fsp3) is 0.333. The number of fused-ring (bicyclic) bond motifs is 1. The third-order valence-electron chi connectivity index (χ3n) is 4.57. The summed E-state index contributed by atoms with van der Waals surface area (Å²) in [6.45, 7) is 2.87. The summed E-state index contributed by atoms with van der Waals surface area (Å²) in [7, 11) is 0.0277. The zero-order chi connectivity index (χ0) is 21.9. The second-order valence-electron chi connectivity index (χ2n) is 7.36. The lowest BCUT2D eigenvalue weighted by Crippen LogP contribution is -2.37. The number of halogens is 1. The first-order chi connectivity index (χ1) is 14.2. The van der Waals surface area contributed by atoms with Crippen molar-refractivity contribution in [2.45, 2.75) is 18.2 Å². The van der Waals surface area contributed by atoms with E-state index in [9.17, 15) is 17.6 Å². The summed E-state index contributed by atoms with van der Waals surface area (Å²) in [5.41, 5.74) is 1.12. The first kappa shape index (κ1) is 22.3. The molecule has 2 aromatic carbocycles. The third kappa shape index (κ3) is 5.21. The second-order valence-corrected chi connectivity index (χ2v) is 10.4.